The van der Waals surface area contributed by atoms with Crippen LogP contribution in [0.25, 0.3) is 5.69 Å². The lowest BCUT2D eigenvalue weighted by Gasteiger charge is -2.07. The third-order valence-corrected chi connectivity index (χ3v) is 2.94. The highest BCUT2D eigenvalue weighted by Crippen LogP contribution is 2.29. The number of aryl methyl sites for hydroxylation is 1. The average molecular weight is 239 g/mol. The van der Waals surface area contributed by atoms with Gasteiger partial charge in [-0.3, -0.25) is 0 Å². The van der Waals surface area contributed by atoms with E-state index in [0.717, 1.165) is 5.69 Å². The van der Waals surface area contributed by atoms with Gasteiger partial charge in [-0.1, -0.05) is 11.6 Å². The normalized spacial score (nSPS) is 10.7. The Morgan fingerprint density at radius 1 is 1.25 bits per heavy atom. The number of hydrogen-bond donors (Lipinski definition) is 2. The molecule has 0 unspecified atom stereocenters. The van der Waals surface area contributed by atoms with Crippen LogP contribution in [-0.2, 0) is 0 Å². The zero-order valence-corrected chi connectivity index (χ0v) is 9.65. The topological polar surface area (TPSA) is 58.3 Å². The number of nitrogens with zero attached hydrogens (tertiary/aromatic N) is 2. The summed E-state index contributed by atoms with van der Waals surface area (Å²) in [6, 6.07) is 4.26. The summed E-state index contributed by atoms with van der Waals surface area (Å²) >= 11 is 6.01. The highest BCUT2D eigenvalue weighted by molar-refractivity contribution is 6.31. The Labute approximate surface area is 97.7 Å². The highest BCUT2D eigenvalue weighted by atomic mass is 35.5. The van der Waals surface area contributed by atoms with Crippen molar-refractivity contribution in [1.29, 1.82) is 0 Å². The van der Waals surface area contributed by atoms with E-state index in [1.807, 2.05) is 0 Å². The number of hydrogen-bond acceptors (Lipinski definition) is 3. The van der Waals surface area contributed by atoms with Gasteiger partial charge in [0.2, 0.25) is 0 Å². The molecule has 0 saturated carbocycles. The van der Waals surface area contributed by atoms with Gasteiger partial charge in [0.25, 0.3) is 0 Å². The minimum absolute atomic E-state index is 0.0417. The van der Waals surface area contributed by atoms with Crippen molar-refractivity contribution in [1.82, 2.24) is 9.78 Å². The van der Waals surface area contributed by atoms with Gasteiger partial charge in [0, 0.05) is 6.07 Å². The molecule has 2 rings (SSSR count). The van der Waals surface area contributed by atoms with Crippen LogP contribution in [0, 0.1) is 13.8 Å². The van der Waals surface area contributed by atoms with Gasteiger partial charge in [-0.2, -0.15) is 5.10 Å². The number of aromatic hydroxyl groups is 2. The molecule has 0 fully saturated rings. The van der Waals surface area contributed by atoms with Gasteiger partial charge in [0.1, 0.15) is 17.2 Å². The van der Waals surface area contributed by atoms with Crippen molar-refractivity contribution in [3.8, 4) is 17.2 Å². The van der Waals surface area contributed by atoms with E-state index >= 15 is 0 Å². The van der Waals surface area contributed by atoms with Crippen LogP contribution in [0.15, 0.2) is 18.2 Å². The predicted molar refractivity (Wildman–Crippen MR) is 61.4 cm³/mol. The predicted octanol–water partition coefficient (Wildman–Crippen LogP) is 2.55. The summed E-state index contributed by atoms with van der Waals surface area (Å²) in [5, 5.41) is 23.8. The molecule has 4 nitrogen and oxygen atoms in total. The Kier molecular flexibility index (Phi) is 2.52. The van der Waals surface area contributed by atoms with E-state index < -0.39 is 0 Å². The van der Waals surface area contributed by atoms with Gasteiger partial charge in [-0.05, 0) is 26.0 Å². The second kappa shape index (κ2) is 3.72. The number of halogens is 1. The molecular weight excluding hydrogens is 228 g/mol. The molecule has 0 aliphatic heterocycles. The van der Waals surface area contributed by atoms with Crippen LogP contribution in [0.2, 0.25) is 5.02 Å². The fourth-order valence-electron chi connectivity index (χ4n) is 1.54. The maximum atomic E-state index is 9.70. The first kappa shape index (κ1) is 10.8. The monoisotopic (exact) mass is 238 g/mol. The third-order valence-electron chi connectivity index (χ3n) is 2.39. The van der Waals surface area contributed by atoms with Gasteiger partial charge >= 0.3 is 0 Å². The molecule has 84 valence electrons. The smallest absolute Gasteiger partial charge is 0.141 e. The molecule has 1 heterocycles. The van der Waals surface area contributed by atoms with Crippen molar-refractivity contribution in [2.24, 2.45) is 0 Å². The summed E-state index contributed by atoms with van der Waals surface area (Å²) in [5.41, 5.74) is 1.81. The molecule has 0 atom stereocenters. The molecule has 5 heteroatoms. The molecule has 1 aromatic carbocycles. The van der Waals surface area contributed by atoms with Gasteiger partial charge < -0.3 is 10.2 Å². The number of benzene rings is 1. The van der Waals surface area contributed by atoms with E-state index in [4.69, 9.17) is 11.6 Å². The van der Waals surface area contributed by atoms with E-state index in [1.165, 1.54) is 22.9 Å². The molecule has 2 aromatic rings. The van der Waals surface area contributed by atoms with Crippen LogP contribution in [0.5, 0.6) is 11.5 Å². The van der Waals surface area contributed by atoms with Crippen molar-refractivity contribution in [3.63, 3.8) is 0 Å². The van der Waals surface area contributed by atoms with E-state index in [2.05, 4.69) is 5.10 Å². The second-order valence-corrected chi connectivity index (χ2v) is 3.95. The van der Waals surface area contributed by atoms with Crippen molar-refractivity contribution >= 4 is 11.6 Å². The molecule has 0 amide bonds. The lowest BCUT2D eigenvalue weighted by atomic mass is 10.2. The fraction of sp³-hybridized carbons (Fsp3) is 0.182. The molecule has 0 spiro atoms. The van der Waals surface area contributed by atoms with Crippen LogP contribution in [-0.4, -0.2) is 20.0 Å². The second-order valence-electron chi connectivity index (χ2n) is 3.57. The van der Waals surface area contributed by atoms with E-state index in [1.54, 1.807) is 13.8 Å². The standard InChI is InChI=1S/C11H11ClN2O2/c1-6-11(12)7(2)14(13-6)9-5-8(15)3-4-10(9)16/h3-5,15-16H,1-2H3. The quantitative estimate of drug-likeness (QED) is 0.751. The molecule has 2 N–H and O–H groups in total. The largest absolute Gasteiger partial charge is 0.508 e. The van der Waals surface area contributed by atoms with Gasteiger partial charge in [0.05, 0.1) is 16.4 Å². The number of phenols is 2. The van der Waals surface area contributed by atoms with Crippen LogP contribution < -0.4 is 0 Å². The zero-order valence-electron chi connectivity index (χ0n) is 8.90. The third kappa shape index (κ3) is 1.61. The Balaban J connectivity index is 2.67. The Bertz CT molecular complexity index is 549. The van der Waals surface area contributed by atoms with Crippen molar-refractivity contribution in [2.45, 2.75) is 13.8 Å². The summed E-state index contributed by atoms with van der Waals surface area (Å²) in [6.07, 6.45) is 0. The van der Waals surface area contributed by atoms with E-state index in [9.17, 15) is 10.2 Å². The van der Waals surface area contributed by atoms with Crippen LogP contribution in [0.1, 0.15) is 11.4 Å². The summed E-state index contributed by atoms with van der Waals surface area (Å²) in [5.74, 6) is 0.108. The van der Waals surface area contributed by atoms with Crippen LogP contribution >= 0.6 is 11.6 Å². The first-order valence-electron chi connectivity index (χ1n) is 4.75. The SMILES string of the molecule is Cc1nn(-c2cc(O)ccc2O)c(C)c1Cl. The minimum atomic E-state index is 0.0417. The maximum absolute atomic E-state index is 9.70. The molecule has 0 saturated heterocycles. The number of rotatable bonds is 1. The molecule has 1 aromatic heterocycles. The summed E-state index contributed by atoms with van der Waals surface area (Å²) < 4.78 is 1.51. The molecule has 0 aliphatic rings. The summed E-state index contributed by atoms with van der Waals surface area (Å²) in [7, 11) is 0. The maximum Gasteiger partial charge on any atom is 0.141 e. The van der Waals surface area contributed by atoms with Gasteiger partial charge in [-0.15, -0.1) is 0 Å². The van der Waals surface area contributed by atoms with E-state index in [0.29, 0.717) is 16.4 Å². The lowest BCUT2D eigenvalue weighted by molar-refractivity contribution is 0.456. The Morgan fingerprint density at radius 3 is 2.50 bits per heavy atom. The summed E-state index contributed by atoms with van der Waals surface area (Å²) in [6.45, 7) is 3.58. The minimum Gasteiger partial charge on any atom is -0.508 e. The number of aromatic nitrogens is 2. The van der Waals surface area contributed by atoms with E-state index in [-0.39, 0.29) is 11.5 Å². The molecule has 0 radical (unpaired) electrons. The lowest BCUT2D eigenvalue weighted by Crippen LogP contribution is -1.99. The summed E-state index contributed by atoms with van der Waals surface area (Å²) in [4.78, 5) is 0. The molecular formula is C11H11ClN2O2. The van der Waals surface area contributed by atoms with Crippen LogP contribution in [0.4, 0.5) is 0 Å². The molecule has 0 bridgehead atoms. The first-order valence-corrected chi connectivity index (χ1v) is 5.12. The highest BCUT2D eigenvalue weighted by Gasteiger charge is 2.13. The van der Waals surface area contributed by atoms with Gasteiger partial charge in [-0.25, -0.2) is 4.68 Å². The Morgan fingerprint density at radius 2 is 1.94 bits per heavy atom. The van der Waals surface area contributed by atoms with Crippen molar-refractivity contribution in [2.75, 3.05) is 0 Å². The zero-order chi connectivity index (χ0) is 11.9. The van der Waals surface area contributed by atoms with Gasteiger partial charge in [0.15, 0.2) is 0 Å². The van der Waals surface area contributed by atoms with Crippen molar-refractivity contribution < 1.29 is 10.2 Å². The Hall–Kier alpha value is -1.68. The first-order chi connectivity index (χ1) is 7.50. The van der Waals surface area contributed by atoms with Crippen molar-refractivity contribution in [3.05, 3.63) is 34.6 Å². The average Bonchev–Trinajstić information content (AvgIpc) is 2.50. The number of phenolic OH excluding ortho intramolecular Hbond substituents is 2. The van der Waals surface area contributed by atoms with Crippen LogP contribution in [0.3, 0.4) is 0 Å². The molecule has 16 heavy (non-hydrogen) atoms. The molecule has 0 aliphatic carbocycles. The fourth-order valence-corrected chi connectivity index (χ4v) is 1.66.